The van der Waals surface area contributed by atoms with Crippen LogP contribution in [-0.4, -0.2) is 21.9 Å². The molecule has 1 aromatic heterocycles. The van der Waals surface area contributed by atoms with E-state index in [9.17, 15) is 4.79 Å². The van der Waals surface area contributed by atoms with Gasteiger partial charge >= 0.3 is 5.97 Å². The zero-order valence-corrected chi connectivity index (χ0v) is 10.1. The molecule has 0 aliphatic carbocycles. The average Bonchev–Trinajstić information content (AvgIpc) is 2.68. The van der Waals surface area contributed by atoms with Gasteiger partial charge in [0.2, 0.25) is 0 Å². The first kappa shape index (κ1) is 12.6. The topological polar surface area (TPSA) is 75.9 Å². The number of hydrogen-bond acceptors (Lipinski definition) is 6. The van der Waals surface area contributed by atoms with E-state index in [4.69, 9.17) is 10.00 Å². The van der Waals surface area contributed by atoms with Crippen LogP contribution in [0.25, 0.3) is 0 Å². The van der Waals surface area contributed by atoms with Gasteiger partial charge in [0.15, 0.2) is 5.92 Å². The molecule has 16 heavy (non-hydrogen) atoms. The number of aryl methyl sites for hydroxylation is 1. The molecule has 0 aromatic carbocycles. The van der Waals surface area contributed by atoms with Gasteiger partial charge in [0, 0.05) is 6.42 Å². The highest BCUT2D eigenvalue weighted by molar-refractivity contribution is 7.05. The number of rotatable bonds is 5. The summed E-state index contributed by atoms with van der Waals surface area (Å²) < 4.78 is 8.88. The summed E-state index contributed by atoms with van der Waals surface area (Å²) in [5, 5.41) is 9.32. The van der Waals surface area contributed by atoms with Crippen molar-refractivity contribution in [2.75, 3.05) is 6.61 Å². The third-order valence-electron chi connectivity index (χ3n) is 1.86. The van der Waals surface area contributed by atoms with E-state index in [2.05, 4.69) is 9.36 Å². The highest BCUT2D eigenvalue weighted by Gasteiger charge is 2.25. The van der Waals surface area contributed by atoms with E-state index < -0.39 is 11.9 Å². The second-order valence-corrected chi connectivity index (χ2v) is 3.90. The van der Waals surface area contributed by atoms with Gasteiger partial charge in [-0.25, -0.2) is 4.98 Å². The van der Waals surface area contributed by atoms with E-state index in [1.54, 1.807) is 6.92 Å². The minimum atomic E-state index is -0.942. The van der Waals surface area contributed by atoms with Crippen LogP contribution in [-0.2, 0) is 16.0 Å². The first-order chi connectivity index (χ1) is 7.72. The summed E-state index contributed by atoms with van der Waals surface area (Å²) >= 11 is 1.09. The molecule has 0 saturated heterocycles. The molecule has 6 heteroatoms. The van der Waals surface area contributed by atoms with E-state index in [0.717, 1.165) is 24.4 Å². The van der Waals surface area contributed by atoms with Crippen molar-refractivity contribution in [2.45, 2.75) is 32.6 Å². The Morgan fingerprint density at radius 3 is 2.94 bits per heavy atom. The normalized spacial score (nSPS) is 11.8. The number of ether oxygens (including phenoxy) is 1. The van der Waals surface area contributed by atoms with E-state index in [1.165, 1.54) is 0 Å². The summed E-state index contributed by atoms with van der Waals surface area (Å²) in [7, 11) is 0. The van der Waals surface area contributed by atoms with E-state index in [1.807, 2.05) is 13.0 Å². The van der Waals surface area contributed by atoms with Crippen LogP contribution in [0.3, 0.4) is 0 Å². The number of hydrogen-bond donors (Lipinski definition) is 0. The lowest BCUT2D eigenvalue weighted by Gasteiger charge is -2.03. The second kappa shape index (κ2) is 6.18. The Morgan fingerprint density at radius 2 is 2.38 bits per heavy atom. The van der Waals surface area contributed by atoms with Crippen LogP contribution in [0.15, 0.2) is 0 Å². The minimum Gasteiger partial charge on any atom is -0.465 e. The zero-order chi connectivity index (χ0) is 12.0. The number of carbonyl (C=O) groups excluding carboxylic acids is 1. The van der Waals surface area contributed by atoms with Crippen molar-refractivity contribution in [1.82, 2.24) is 9.36 Å². The number of aromatic nitrogens is 2. The average molecular weight is 239 g/mol. The largest absolute Gasteiger partial charge is 0.465 e. The minimum absolute atomic E-state index is 0.262. The highest BCUT2D eigenvalue weighted by atomic mass is 32.1. The molecule has 1 aromatic rings. The van der Waals surface area contributed by atoms with Crippen LogP contribution in [0, 0.1) is 11.3 Å². The maximum atomic E-state index is 11.4. The maximum Gasteiger partial charge on any atom is 0.330 e. The van der Waals surface area contributed by atoms with Gasteiger partial charge in [-0.15, -0.1) is 0 Å². The van der Waals surface area contributed by atoms with Crippen molar-refractivity contribution in [1.29, 1.82) is 5.26 Å². The standard InChI is InChI=1S/C10H13N3O2S/c1-3-5-8-12-9(16-13-8)7(6-11)10(14)15-4-2/h7H,3-5H2,1-2H3. The number of nitrogens with zero attached hydrogens (tertiary/aromatic N) is 3. The fourth-order valence-corrected chi connectivity index (χ4v) is 1.88. The summed E-state index contributed by atoms with van der Waals surface area (Å²) in [4.78, 5) is 15.6. The Bertz CT molecular complexity index is 397. The smallest absolute Gasteiger partial charge is 0.330 e. The zero-order valence-electron chi connectivity index (χ0n) is 9.27. The molecular weight excluding hydrogens is 226 g/mol. The third-order valence-corrected chi connectivity index (χ3v) is 2.67. The molecular formula is C10H13N3O2S. The van der Waals surface area contributed by atoms with Crippen molar-refractivity contribution >= 4 is 17.5 Å². The van der Waals surface area contributed by atoms with Gasteiger partial charge < -0.3 is 4.74 Å². The molecule has 0 N–H and O–H groups in total. The molecule has 1 atom stereocenters. The molecule has 0 radical (unpaired) electrons. The predicted molar refractivity (Wildman–Crippen MR) is 58.9 cm³/mol. The van der Waals surface area contributed by atoms with E-state index in [-0.39, 0.29) is 6.61 Å². The van der Waals surface area contributed by atoms with Crippen molar-refractivity contribution < 1.29 is 9.53 Å². The van der Waals surface area contributed by atoms with Gasteiger partial charge in [-0.3, -0.25) is 4.79 Å². The summed E-state index contributed by atoms with van der Waals surface area (Å²) in [6.45, 7) is 3.99. The van der Waals surface area contributed by atoms with Crippen molar-refractivity contribution in [3.63, 3.8) is 0 Å². The van der Waals surface area contributed by atoms with Gasteiger partial charge in [-0.1, -0.05) is 6.92 Å². The molecule has 1 rings (SSSR count). The molecule has 0 amide bonds. The molecule has 0 saturated carbocycles. The summed E-state index contributed by atoms with van der Waals surface area (Å²) in [6, 6.07) is 1.89. The SMILES string of the molecule is CCCc1nsc(C(C#N)C(=O)OCC)n1. The quantitative estimate of drug-likeness (QED) is 0.730. The molecule has 0 aliphatic rings. The monoisotopic (exact) mass is 239 g/mol. The van der Waals surface area contributed by atoms with Crippen LogP contribution >= 0.6 is 11.5 Å². The van der Waals surface area contributed by atoms with Crippen LogP contribution in [0.2, 0.25) is 0 Å². The van der Waals surface area contributed by atoms with Crippen molar-refractivity contribution in [3.05, 3.63) is 10.8 Å². The molecule has 0 bridgehead atoms. The predicted octanol–water partition coefficient (Wildman–Crippen LogP) is 1.66. The van der Waals surface area contributed by atoms with Gasteiger partial charge in [0.25, 0.3) is 0 Å². The maximum absolute atomic E-state index is 11.4. The fraction of sp³-hybridized carbons (Fsp3) is 0.600. The number of carbonyl (C=O) groups is 1. The number of nitriles is 1. The highest BCUT2D eigenvalue weighted by Crippen LogP contribution is 2.19. The van der Waals surface area contributed by atoms with Gasteiger partial charge in [0.05, 0.1) is 12.7 Å². The Balaban J connectivity index is 2.79. The Labute approximate surface area is 98.2 Å². The van der Waals surface area contributed by atoms with Gasteiger partial charge in [-0.2, -0.15) is 9.64 Å². The third kappa shape index (κ3) is 3.00. The van der Waals surface area contributed by atoms with Crippen LogP contribution in [0.5, 0.6) is 0 Å². The first-order valence-corrected chi connectivity index (χ1v) is 5.89. The summed E-state index contributed by atoms with van der Waals surface area (Å²) in [5.41, 5.74) is 0. The second-order valence-electron chi connectivity index (χ2n) is 3.11. The molecule has 1 unspecified atom stereocenters. The molecule has 1 heterocycles. The lowest BCUT2D eigenvalue weighted by molar-refractivity contribution is -0.143. The van der Waals surface area contributed by atoms with Gasteiger partial charge in [-0.05, 0) is 24.9 Å². The van der Waals surface area contributed by atoms with E-state index in [0.29, 0.717) is 10.8 Å². The van der Waals surface area contributed by atoms with E-state index >= 15 is 0 Å². The van der Waals surface area contributed by atoms with Crippen molar-refractivity contribution in [3.8, 4) is 6.07 Å². The molecule has 86 valence electrons. The van der Waals surface area contributed by atoms with Gasteiger partial charge in [0.1, 0.15) is 10.8 Å². The number of esters is 1. The summed E-state index contributed by atoms with van der Waals surface area (Å²) in [5.74, 6) is -0.806. The van der Waals surface area contributed by atoms with Crippen LogP contribution in [0.4, 0.5) is 0 Å². The Hall–Kier alpha value is -1.48. The molecule has 0 fully saturated rings. The lowest BCUT2D eigenvalue weighted by atomic mass is 10.2. The first-order valence-electron chi connectivity index (χ1n) is 5.11. The molecule has 0 aliphatic heterocycles. The van der Waals surface area contributed by atoms with Crippen molar-refractivity contribution in [2.24, 2.45) is 0 Å². The fourth-order valence-electron chi connectivity index (χ4n) is 1.14. The summed E-state index contributed by atoms with van der Waals surface area (Å²) in [6.07, 6.45) is 1.70. The van der Waals surface area contributed by atoms with Crippen LogP contribution in [0.1, 0.15) is 37.0 Å². The molecule has 5 nitrogen and oxygen atoms in total. The molecule has 0 spiro atoms. The lowest BCUT2D eigenvalue weighted by Crippen LogP contribution is -2.14. The van der Waals surface area contributed by atoms with Crippen LogP contribution < -0.4 is 0 Å². The Morgan fingerprint density at radius 1 is 1.62 bits per heavy atom. The Kier molecular flexibility index (Phi) is 4.86.